The van der Waals surface area contributed by atoms with Gasteiger partial charge in [0.2, 0.25) is 0 Å². The average Bonchev–Trinajstić information content (AvgIpc) is 2.18. The zero-order chi connectivity index (χ0) is 10.6. The number of nitriles is 1. The first kappa shape index (κ1) is 10.7. The largest absolute Gasteiger partial charge is 0.372 e. The van der Waals surface area contributed by atoms with Crippen molar-refractivity contribution in [2.24, 2.45) is 0 Å². The molecule has 0 saturated carbocycles. The maximum Gasteiger partial charge on any atom is 0.0991 e. The first-order valence-corrected chi connectivity index (χ1v) is 4.73. The minimum absolute atomic E-state index is 0.684. The molecule has 0 heterocycles. The average molecular weight is 204 g/mol. The molecule has 0 saturated heterocycles. The molecule has 2 nitrogen and oxygen atoms in total. The predicted molar refractivity (Wildman–Crippen MR) is 61.1 cm³/mol. The van der Waals surface area contributed by atoms with Crippen molar-refractivity contribution in [3.8, 4) is 6.07 Å². The van der Waals surface area contributed by atoms with Crippen LogP contribution < -0.4 is 0 Å². The summed E-state index contributed by atoms with van der Waals surface area (Å²) in [5.74, 6) is 0. The molecule has 0 radical (unpaired) electrons. The van der Waals surface area contributed by atoms with Gasteiger partial charge < -0.3 is 4.90 Å². The van der Waals surface area contributed by atoms with Gasteiger partial charge in [-0.1, -0.05) is 24.4 Å². The monoisotopic (exact) mass is 204 g/mol. The molecule has 0 amide bonds. The van der Waals surface area contributed by atoms with Crippen LogP contribution in [0.1, 0.15) is 11.1 Å². The summed E-state index contributed by atoms with van der Waals surface area (Å²) >= 11 is 5.18. The molecule has 0 spiro atoms. The van der Waals surface area contributed by atoms with Crippen LogP contribution >= 0.6 is 12.2 Å². The topological polar surface area (TPSA) is 27.0 Å². The molecule has 0 aliphatic carbocycles. The van der Waals surface area contributed by atoms with E-state index in [9.17, 15) is 0 Å². The molecule has 1 aromatic carbocycles. The minimum atomic E-state index is 0.684. The van der Waals surface area contributed by atoms with Crippen molar-refractivity contribution in [2.45, 2.75) is 6.42 Å². The van der Waals surface area contributed by atoms with E-state index < -0.39 is 0 Å². The van der Waals surface area contributed by atoms with Crippen LogP contribution in [0.2, 0.25) is 0 Å². The maximum absolute atomic E-state index is 8.71. The van der Waals surface area contributed by atoms with Gasteiger partial charge in [-0.05, 0) is 17.7 Å². The standard InChI is InChI=1S/C11H12N2S/c1-13(2)11(14)7-9-4-3-5-10(6-9)8-12/h3-6H,7H2,1-2H3. The van der Waals surface area contributed by atoms with Crippen LogP contribution in [0.3, 0.4) is 0 Å². The highest BCUT2D eigenvalue weighted by molar-refractivity contribution is 7.80. The van der Waals surface area contributed by atoms with Crippen molar-refractivity contribution in [1.29, 1.82) is 5.26 Å². The third kappa shape index (κ3) is 2.82. The highest BCUT2D eigenvalue weighted by Crippen LogP contribution is 2.06. The molecule has 72 valence electrons. The number of likely N-dealkylation sites (N-methyl/N-ethyl adjacent to an activating group) is 1. The van der Waals surface area contributed by atoms with Gasteiger partial charge in [-0.2, -0.15) is 5.26 Å². The molecule has 0 aliphatic rings. The van der Waals surface area contributed by atoms with Crippen LogP contribution in [0.15, 0.2) is 24.3 Å². The molecule has 0 atom stereocenters. The molecule has 0 aliphatic heterocycles. The van der Waals surface area contributed by atoms with Gasteiger partial charge in [-0.15, -0.1) is 0 Å². The number of hydrogen-bond donors (Lipinski definition) is 0. The lowest BCUT2D eigenvalue weighted by Crippen LogP contribution is -2.21. The molecule has 0 fully saturated rings. The fourth-order valence-corrected chi connectivity index (χ4v) is 1.25. The normalized spacial score (nSPS) is 9.21. The third-order valence-electron chi connectivity index (χ3n) is 1.91. The summed E-state index contributed by atoms with van der Waals surface area (Å²) < 4.78 is 0. The van der Waals surface area contributed by atoms with Crippen molar-refractivity contribution in [3.05, 3.63) is 35.4 Å². The van der Waals surface area contributed by atoms with Crippen LogP contribution in [0.25, 0.3) is 0 Å². The fourth-order valence-electron chi connectivity index (χ4n) is 1.08. The Morgan fingerprint density at radius 3 is 2.79 bits per heavy atom. The van der Waals surface area contributed by atoms with E-state index in [1.54, 1.807) is 6.07 Å². The molecule has 0 bridgehead atoms. The number of rotatable bonds is 2. The van der Waals surface area contributed by atoms with Crippen molar-refractivity contribution in [3.63, 3.8) is 0 Å². The fraction of sp³-hybridized carbons (Fsp3) is 0.273. The summed E-state index contributed by atoms with van der Waals surface area (Å²) in [4.78, 5) is 2.79. The lowest BCUT2D eigenvalue weighted by atomic mass is 10.1. The van der Waals surface area contributed by atoms with Gasteiger partial charge in [0.1, 0.15) is 0 Å². The summed E-state index contributed by atoms with van der Waals surface area (Å²) in [7, 11) is 3.85. The Labute approximate surface area is 89.8 Å². The Morgan fingerprint density at radius 1 is 1.50 bits per heavy atom. The van der Waals surface area contributed by atoms with Gasteiger partial charge in [-0.25, -0.2) is 0 Å². The van der Waals surface area contributed by atoms with Gasteiger partial charge >= 0.3 is 0 Å². The molecule has 0 aromatic heterocycles. The second-order valence-corrected chi connectivity index (χ2v) is 3.75. The lowest BCUT2D eigenvalue weighted by Gasteiger charge is -2.13. The predicted octanol–water partition coefficient (Wildman–Crippen LogP) is 1.99. The van der Waals surface area contributed by atoms with Gasteiger partial charge in [-0.3, -0.25) is 0 Å². The Balaban J connectivity index is 2.78. The smallest absolute Gasteiger partial charge is 0.0991 e. The molecular weight excluding hydrogens is 192 g/mol. The first-order valence-electron chi connectivity index (χ1n) is 4.32. The van der Waals surface area contributed by atoms with Crippen molar-refractivity contribution in [1.82, 2.24) is 4.90 Å². The van der Waals surface area contributed by atoms with Crippen LogP contribution in [0, 0.1) is 11.3 Å². The van der Waals surface area contributed by atoms with Gasteiger partial charge in [0, 0.05) is 20.5 Å². The van der Waals surface area contributed by atoms with Crippen LogP contribution in [-0.4, -0.2) is 24.0 Å². The molecule has 1 aromatic rings. The van der Waals surface area contributed by atoms with E-state index in [-0.39, 0.29) is 0 Å². The van der Waals surface area contributed by atoms with Crippen molar-refractivity contribution in [2.75, 3.05) is 14.1 Å². The van der Waals surface area contributed by atoms with Crippen LogP contribution in [0.5, 0.6) is 0 Å². The molecule has 3 heteroatoms. The second-order valence-electron chi connectivity index (χ2n) is 3.28. The number of benzene rings is 1. The summed E-state index contributed by atoms with van der Waals surface area (Å²) in [6.07, 6.45) is 0.720. The van der Waals surface area contributed by atoms with Gasteiger partial charge in [0.15, 0.2) is 0 Å². The molecule has 0 N–H and O–H groups in total. The summed E-state index contributed by atoms with van der Waals surface area (Å²) in [6.45, 7) is 0. The van der Waals surface area contributed by atoms with E-state index in [1.165, 1.54) is 0 Å². The van der Waals surface area contributed by atoms with E-state index >= 15 is 0 Å². The Morgan fingerprint density at radius 2 is 2.21 bits per heavy atom. The van der Waals surface area contributed by atoms with Gasteiger partial charge in [0.25, 0.3) is 0 Å². The number of nitrogens with zero attached hydrogens (tertiary/aromatic N) is 2. The van der Waals surface area contributed by atoms with E-state index in [1.807, 2.05) is 37.2 Å². The summed E-state index contributed by atoms with van der Waals surface area (Å²) in [5, 5.41) is 8.71. The van der Waals surface area contributed by atoms with E-state index in [0.717, 1.165) is 17.0 Å². The Hall–Kier alpha value is -1.40. The highest BCUT2D eigenvalue weighted by atomic mass is 32.1. The zero-order valence-corrected chi connectivity index (χ0v) is 9.14. The van der Waals surface area contributed by atoms with E-state index in [0.29, 0.717) is 5.56 Å². The zero-order valence-electron chi connectivity index (χ0n) is 8.32. The number of thiocarbonyl (C=S) groups is 1. The summed E-state index contributed by atoms with van der Waals surface area (Å²) in [6, 6.07) is 9.64. The Kier molecular flexibility index (Phi) is 3.61. The van der Waals surface area contributed by atoms with Crippen LogP contribution in [0.4, 0.5) is 0 Å². The molecule has 1 rings (SSSR count). The van der Waals surface area contributed by atoms with Crippen LogP contribution in [-0.2, 0) is 6.42 Å². The van der Waals surface area contributed by atoms with E-state index in [4.69, 9.17) is 17.5 Å². The molecule has 0 unspecified atom stereocenters. The quantitative estimate of drug-likeness (QED) is 0.689. The van der Waals surface area contributed by atoms with Gasteiger partial charge in [0.05, 0.1) is 16.6 Å². The highest BCUT2D eigenvalue weighted by Gasteiger charge is 2.01. The number of hydrogen-bond acceptors (Lipinski definition) is 2. The molecular formula is C11H12N2S. The van der Waals surface area contributed by atoms with Crippen molar-refractivity contribution >= 4 is 17.2 Å². The third-order valence-corrected chi connectivity index (χ3v) is 2.42. The second kappa shape index (κ2) is 4.73. The first-order chi connectivity index (χ1) is 6.63. The lowest BCUT2D eigenvalue weighted by molar-refractivity contribution is 0.624. The Bertz CT molecular complexity index is 377. The minimum Gasteiger partial charge on any atom is -0.372 e. The maximum atomic E-state index is 8.71. The summed E-state index contributed by atoms with van der Waals surface area (Å²) in [5.41, 5.74) is 1.77. The van der Waals surface area contributed by atoms with Crippen molar-refractivity contribution < 1.29 is 0 Å². The molecule has 14 heavy (non-hydrogen) atoms. The van der Waals surface area contributed by atoms with E-state index in [2.05, 4.69) is 6.07 Å². The SMILES string of the molecule is CN(C)C(=S)Cc1cccc(C#N)c1.